The first-order valence-corrected chi connectivity index (χ1v) is 7.56. The fraction of sp³-hybridized carbons (Fsp3) is 0.200. The van der Waals surface area contributed by atoms with Gasteiger partial charge in [0.25, 0.3) is 0 Å². The molecule has 1 N–H and O–H groups in total. The lowest BCUT2D eigenvalue weighted by atomic mass is 10.1. The number of carbonyl (C=O) groups excluding carboxylic acids is 1. The lowest BCUT2D eigenvalue weighted by Gasteiger charge is -1.99. The smallest absolute Gasteiger partial charge is 0.243 e. The molecule has 1 aliphatic rings. The standard InChI is InChI=1S/C15H13ClN2OS/c16-14-7-6-11(20-14)9-17-18-15(19)13-8-12(13)10-4-2-1-3-5-10/h1-7,9,12-13H,8H2,(H,18,19)/b17-9-/t12-,13+/m1/s1. The van der Waals surface area contributed by atoms with Crippen LogP contribution in [0.15, 0.2) is 47.6 Å². The number of thiophene rings is 1. The first-order valence-electron chi connectivity index (χ1n) is 6.37. The Hall–Kier alpha value is -1.65. The zero-order valence-electron chi connectivity index (χ0n) is 10.6. The molecule has 102 valence electrons. The summed E-state index contributed by atoms with van der Waals surface area (Å²) in [6, 6.07) is 13.8. The number of benzene rings is 1. The van der Waals surface area contributed by atoms with Gasteiger partial charge in [0.05, 0.1) is 10.6 Å². The van der Waals surface area contributed by atoms with Crippen molar-refractivity contribution < 1.29 is 4.79 Å². The van der Waals surface area contributed by atoms with Gasteiger partial charge in [-0.05, 0) is 30.0 Å². The van der Waals surface area contributed by atoms with Crippen LogP contribution in [0, 0.1) is 5.92 Å². The Morgan fingerprint density at radius 1 is 1.30 bits per heavy atom. The molecule has 2 atom stereocenters. The summed E-state index contributed by atoms with van der Waals surface area (Å²) in [6.45, 7) is 0. The highest BCUT2D eigenvalue weighted by molar-refractivity contribution is 7.17. The first kappa shape index (κ1) is 13.3. The van der Waals surface area contributed by atoms with Crippen LogP contribution < -0.4 is 5.43 Å². The maximum Gasteiger partial charge on any atom is 0.243 e. The van der Waals surface area contributed by atoms with Crippen LogP contribution >= 0.6 is 22.9 Å². The molecule has 0 aliphatic heterocycles. The minimum absolute atomic E-state index is 0.0160. The summed E-state index contributed by atoms with van der Waals surface area (Å²) in [5.74, 6) is 0.363. The lowest BCUT2D eigenvalue weighted by Crippen LogP contribution is -2.19. The molecule has 5 heteroatoms. The Labute approximate surface area is 126 Å². The molecular weight excluding hydrogens is 292 g/mol. The first-order chi connectivity index (χ1) is 9.74. The van der Waals surface area contributed by atoms with Crippen LogP contribution in [0.3, 0.4) is 0 Å². The van der Waals surface area contributed by atoms with Gasteiger partial charge in [-0.15, -0.1) is 11.3 Å². The van der Waals surface area contributed by atoms with Crippen molar-refractivity contribution in [2.45, 2.75) is 12.3 Å². The van der Waals surface area contributed by atoms with Gasteiger partial charge in [-0.2, -0.15) is 5.10 Å². The number of halogens is 1. The second kappa shape index (κ2) is 5.77. The van der Waals surface area contributed by atoms with E-state index in [1.807, 2.05) is 30.3 Å². The highest BCUT2D eigenvalue weighted by Gasteiger charge is 2.43. The maximum absolute atomic E-state index is 11.9. The van der Waals surface area contributed by atoms with E-state index >= 15 is 0 Å². The molecule has 3 rings (SSSR count). The number of hydrazone groups is 1. The van der Waals surface area contributed by atoms with E-state index < -0.39 is 0 Å². The Morgan fingerprint density at radius 3 is 2.80 bits per heavy atom. The Morgan fingerprint density at radius 2 is 2.10 bits per heavy atom. The molecule has 1 aromatic heterocycles. The van der Waals surface area contributed by atoms with Crippen LogP contribution in [0.2, 0.25) is 4.34 Å². The molecule has 0 saturated heterocycles. The monoisotopic (exact) mass is 304 g/mol. The molecule has 1 saturated carbocycles. The van der Waals surface area contributed by atoms with E-state index in [1.165, 1.54) is 16.9 Å². The summed E-state index contributed by atoms with van der Waals surface area (Å²) in [4.78, 5) is 12.9. The predicted octanol–water partition coefficient (Wildman–Crippen LogP) is 3.66. The number of nitrogens with one attached hydrogen (secondary N) is 1. The summed E-state index contributed by atoms with van der Waals surface area (Å²) in [5.41, 5.74) is 3.82. The van der Waals surface area contributed by atoms with Crippen LogP contribution in [-0.4, -0.2) is 12.1 Å². The van der Waals surface area contributed by atoms with E-state index in [-0.39, 0.29) is 11.8 Å². The number of hydrogen-bond donors (Lipinski definition) is 1. The number of carbonyl (C=O) groups is 1. The quantitative estimate of drug-likeness (QED) is 0.680. The van der Waals surface area contributed by atoms with Gasteiger partial charge in [0, 0.05) is 10.8 Å². The van der Waals surface area contributed by atoms with Crippen molar-refractivity contribution in [3.63, 3.8) is 0 Å². The van der Waals surface area contributed by atoms with Crippen molar-refractivity contribution in [1.82, 2.24) is 5.43 Å². The van der Waals surface area contributed by atoms with E-state index in [9.17, 15) is 4.79 Å². The Bertz CT molecular complexity index is 638. The lowest BCUT2D eigenvalue weighted by molar-refractivity contribution is -0.122. The zero-order chi connectivity index (χ0) is 13.9. The Balaban J connectivity index is 1.53. The topological polar surface area (TPSA) is 41.5 Å². The van der Waals surface area contributed by atoms with Crippen LogP contribution in [-0.2, 0) is 4.79 Å². The minimum atomic E-state index is -0.0160. The maximum atomic E-state index is 11.9. The number of rotatable bonds is 4. The summed E-state index contributed by atoms with van der Waals surface area (Å²) in [7, 11) is 0. The molecule has 0 unspecified atom stereocenters. The zero-order valence-corrected chi connectivity index (χ0v) is 12.2. The molecule has 1 heterocycles. The van der Waals surface area contributed by atoms with Crippen molar-refractivity contribution in [3.8, 4) is 0 Å². The number of hydrogen-bond acceptors (Lipinski definition) is 3. The SMILES string of the molecule is O=C(N/N=C\c1ccc(Cl)s1)[C@H]1C[C@@H]1c1ccccc1. The molecule has 0 bridgehead atoms. The van der Waals surface area contributed by atoms with Crippen molar-refractivity contribution >= 4 is 35.1 Å². The van der Waals surface area contributed by atoms with Gasteiger partial charge in [-0.25, -0.2) is 5.43 Å². The van der Waals surface area contributed by atoms with E-state index in [0.29, 0.717) is 10.3 Å². The Kier molecular flexibility index (Phi) is 3.85. The third-order valence-corrected chi connectivity index (χ3v) is 4.48. The van der Waals surface area contributed by atoms with Gasteiger partial charge >= 0.3 is 0 Å². The van der Waals surface area contributed by atoms with Gasteiger partial charge in [0.15, 0.2) is 0 Å². The number of nitrogens with zero attached hydrogens (tertiary/aromatic N) is 1. The third-order valence-electron chi connectivity index (χ3n) is 3.32. The van der Waals surface area contributed by atoms with E-state index in [0.717, 1.165) is 11.3 Å². The minimum Gasteiger partial charge on any atom is -0.273 e. The summed E-state index contributed by atoms with van der Waals surface area (Å²) < 4.78 is 0.712. The average Bonchev–Trinajstić information content (AvgIpc) is 3.17. The predicted molar refractivity (Wildman–Crippen MR) is 82.4 cm³/mol. The van der Waals surface area contributed by atoms with Gasteiger partial charge in [0.1, 0.15) is 0 Å². The van der Waals surface area contributed by atoms with Gasteiger partial charge in [-0.1, -0.05) is 41.9 Å². The molecule has 20 heavy (non-hydrogen) atoms. The average molecular weight is 305 g/mol. The summed E-state index contributed by atoms with van der Waals surface area (Å²) in [5, 5.41) is 3.97. The van der Waals surface area contributed by atoms with Crippen LogP contribution in [0.5, 0.6) is 0 Å². The molecule has 1 amide bonds. The molecule has 0 radical (unpaired) electrons. The van der Waals surface area contributed by atoms with Gasteiger partial charge in [0.2, 0.25) is 5.91 Å². The summed E-state index contributed by atoms with van der Waals surface area (Å²) >= 11 is 7.24. The second-order valence-corrected chi connectivity index (χ2v) is 6.48. The normalized spacial score (nSPS) is 21.1. The number of amides is 1. The van der Waals surface area contributed by atoms with Crippen molar-refractivity contribution in [3.05, 3.63) is 57.2 Å². The molecule has 0 spiro atoms. The summed E-state index contributed by atoms with van der Waals surface area (Å²) in [6.07, 6.45) is 2.52. The van der Waals surface area contributed by atoms with E-state index in [2.05, 4.69) is 22.7 Å². The van der Waals surface area contributed by atoms with Crippen LogP contribution in [0.4, 0.5) is 0 Å². The molecule has 1 aromatic carbocycles. The third kappa shape index (κ3) is 3.08. The fourth-order valence-corrected chi connectivity index (χ4v) is 3.13. The molecule has 1 fully saturated rings. The van der Waals surface area contributed by atoms with E-state index in [1.54, 1.807) is 6.21 Å². The molecule has 2 aromatic rings. The fourth-order valence-electron chi connectivity index (χ4n) is 2.19. The van der Waals surface area contributed by atoms with Crippen molar-refractivity contribution in [1.29, 1.82) is 0 Å². The highest BCUT2D eigenvalue weighted by Crippen LogP contribution is 2.47. The molecule has 3 nitrogen and oxygen atoms in total. The van der Waals surface area contributed by atoms with Gasteiger partial charge < -0.3 is 0 Å². The van der Waals surface area contributed by atoms with Gasteiger partial charge in [-0.3, -0.25) is 4.79 Å². The van der Waals surface area contributed by atoms with Crippen LogP contribution in [0.25, 0.3) is 0 Å². The highest BCUT2D eigenvalue weighted by atomic mass is 35.5. The largest absolute Gasteiger partial charge is 0.273 e. The molecular formula is C15H13ClN2OS. The van der Waals surface area contributed by atoms with Crippen LogP contribution in [0.1, 0.15) is 22.8 Å². The van der Waals surface area contributed by atoms with Crippen molar-refractivity contribution in [2.75, 3.05) is 0 Å². The second-order valence-electron chi connectivity index (χ2n) is 4.74. The molecule has 1 aliphatic carbocycles. The van der Waals surface area contributed by atoms with E-state index in [4.69, 9.17) is 11.6 Å². The van der Waals surface area contributed by atoms with Crippen molar-refractivity contribution in [2.24, 2.45) is 11.0 Å².